The Morgan fingerprint density at radius 1 is 1.42 bits per heavy atom. The van der Waals surface area contributed by atoms with Crippen molar-refractivity contribution in [3.05, 3.63) is 63.6 Å². The van der Waals surface area contributed by atoms with Crippen molar-refractivity contribution < 1.29 is 9.13 Å². The third kappa shape index (κ3) is 4.69. The summed E-state index contributed by atoms with van der Waals surface area (Å²) in [6, 6.07) is 6.03. The summed E-state index contributed by atoms with van der Waals surface area (Å²) in [6.45, 7) is 4.58. The lowest BCUT2D eigenvalue weighted by Crippen LogP contribution is -2.24. The van der Waals surface area contributed by atoms with Crippen LogP contribution in [-0.2, 0) is 0 Å². The number of nitrogens with two attached hydrogens (primary N) is 1. The van der Waals surface area contributed by atoms with E-state index in [-0.39, 0.29) is 17.4 Å². The maximum atomic E-state index is 14.1. The van der Waals surface area contributed by atoms with Gasteiger partial charge in [0.2, 0.25) is 0 Å². The Morgan fingerprint density at radius 2 is 2.19 bits per heavy atom. The molecule has 3 rings (SSSR count). The lowest BCUT2D eigenvalue weighted by Gasteiger charge is -2.24. The van der Waals surface area contributed by atoms with Crippen molar-refractivity contribution in [1.82, 2.24) is 15.6 Å². The van der Waals surface area contributed by atoms with Crippen LogP contribution in [0.5, 0.6) is 5.75 Å². The minimum Gasteiger partial charge on any atom is -0.482 e. The van der Waals surface area contributed by atoms with E-state index in [9.17, 15) is 4.39 Å². The van der Waals surface area contributed by atoms with Gasteiger partial charge in [0.05, 0.1) is 10.7 Å². The molecule has 0 spiro atoms. The van der Waals surface area contributed by atoms with Crippen molar-refractivity contribution in [2.75, 3.05) is 18.8 Å². The number of halogens is 2. The van der Waals surface area contributed by atoms with Crippen molar-refractivity contribution >= 4 is 41.2 Å². The van der Waals surface area contributed by atoms with Crippen molar-refractivity contribution in [2.45, 2.75) is 20.0 Å². The molecule has 9 heteroatoms. The molecule has 0 saturated carbocycles. The van der Waals surface area contributed by atoms with Crippen molar-refractivity contribution in [2.24, 2.45) is 0 Å². The van der Waals surface area contributed by atoms with E-state index in [1.165, 1.54) is 18.3 Å². The molecule has 1 aromatic heterocycles. The molecule has 0 amide bonds. The van der Waals surface area contributed by atoms with Gasteiger partial charge in [0.25, 0.3) is 0 Å². The number of allylic oxidation sites excluding steroid dienone is 1. The second-order valence-electron chi connectivity index (χ2n) is 6.89. The van der Waals surface area contributed by atoms with Crippen LogP contribution < -0.4 is 21.1 Å². The molecule has 0 fully saturated rings. The van der Waals surface area contributed by atoms with Crippen molar-refractivity contribution in [3.63, 3.8) is 0 Å². The summed E-state index contributed by atoms with van der Waals surface area (Å²) in [5.74, 6) is 0.113. The predicted molar refractivity (Wildman–Crippen MR) is 123 cm³/mol. The van der Waals surface area contributed by atoms with Crippen LogP contribution in [0.15, 0.2) is 41.1 Å². The van der Waals surface area contributed by atoms with E-state index in [1.54, 1.807) is 25.3 Å². The summed E-state index contributed by atoms with van der Waals surface area (Å²) in [5, 5.41) is 22.2. The quantitative estimate of drug-likeness (QED) is 0.457. The van der Waals surface area contributed by atoms with Crippen LogP contribution in [0.25, 0.3) is 11.4 Å². The van der Waals surface area contributed by atoms with E-state index in [2.05, 4.69) is 15.6 Å². The number of rotatable bonds is 4. The normalized spacial score (nSPS) is 20.2. The van der Waals surface area contributed by atoms with E-state index >= 15 is 0 Å². The smallest absolute Gasteiger partial charge is 0.166 e. The van der Waals surface area contributed by atoms with Crippen LogP contribution in [0.2, 0.25) is 0 Å². The largest absolute Gasteiger partial charge is 0.482 e. The maximum absolute atomic E-state index is 14.1. The Bertz CT molecular complexity index is 1080. The first-order valence-electron chi connectivity index (χ1n) is 9.73. The average Bonchev–Trinajstić information content (AvgIpc) is 2.76. The number of hydrogen-bond acceptors (Lipinski definition) is 7. The van der Waals surface area contributed by atoms with Gasteiger partial charge in [0, 0.05) is 59.7 Å². The minimum atomic E-state index is -0.592. The molecule has 31 heavy (non-hydrogen) atoms. The number of hydrogen-bond donors (Lipinski definition) is 5. The molecule has 6 N–H and O–H groups in total. The average molecular weight is 443 g/mol. The standard InChI is InChI=1S/C22H24ClFN6O/c1-3-28-20-13-6-19(22(27)30-10-13)31-12(2)17-7-15(24)4-5-16(17)21(18(23)9-26)29-11-14(20)8-25/h4-10,12,25-26,28-29H,3,11H2,1-2H3,(H2,27,30)/b20-14+,21-18+,25-8?,26-9?. The summed E-state index contributed by atoms with van der Waals surface area (Å²) in [4.78, 5) is 4.24. The fourth-order valence-electron chi connectivity index (χ4n) is 3.39. The third-order valence-electron chi connectivity index (χ3n) is 4.87. The van der Waals surface area contributed by atoms with Crippen molar-refractivity contribution in [3.8, 4) is 5.75 Å². The number of nitrogen functional groups attached to an aromatic ring is 1. The molecule has 1 atom stereocenters. The molecule has 0 saturated heterocycles. The Balaban J connectivity index is 2.30. The molecular weight excluding hydrogens is 419 g/mol. The van der Waals surface area contributed by atoms with E-state index in [0.717, 1.165) is 6.21 Å². The number of nitrogens with one attached hydrogen (secondary N) is 4. The number of benzene rings is 1. The molecule has 1 aliphatic rings. The topological polar surface area (TPSA) is 120 Å². The highest BCUT2D eigenvalue weighted by molar-refractivity contribution is 6.42. The van der Waals surface area contributed by atoms with Crippen LogP contribution in [0.4, 0.5) is 10.2 Å². The first kappa shape index (κ1) is 22.3. The van der Waals surface area contributed by atoms with E-state index in [1.807, 2.05) is 6.92 Å². The highest BCUT2D eigenvalue weighted by Gasteiger charge is 2.21. The Labute approximate surface area is 185 Å². The van der Waals surface area contributed by atoms with Gasteiger partial charge in [0.15, 0.2) is 11.6 Å². The number of nitrogens with zero attached hydrogens (tertiary/aromatic N) is 1. The molecule has 0 aliphatic carbocycles. The summed E-state index contributed by atoms with van der Waals surface area (Å²) in [5.41, 5.74) is 9.61. The van der Waals surface area contributed by atoms with Gasteiger partial charge in [-0.3, -0.25) is 0 Å². The van der Waals surface area contributed by atoms with Gasteiger partial charge < -0.3 is 31.9 Å². The van der Waals surface area contributed by atoms with Gasteiger partial charge in [-0.05, 0) is 38.1 Å². The molecule has 2 aromatic rings. The lowest BCUT2D eigenvalue weighted by atomic mass is 9.98. The molecule has 7 nitrogen and oxygen atoms in total. The highest BCUT2D eigenvalue weighted by atomic mass is 35.5. The number of anilines is 1. The molecule has 162 valence electrons. The first-order valence-corrected chi connectivity index (χ1v) is 10.1. The van der Waals surface area contributed by atoms with E-state index in [0.29, 0.717) is 46.0 Å². The lowest BCUT2D eigenvalue weighted by molar-refractivity contribution is 0.226. The molecular formula is C22H24ClFN6O. The Kier molecular flexibility index (Phi) is 6.91. The van der Waals surface area contributed by atoms with Gasteiger partial charge in [-0.1, -0.05) is 11.6 Å². The fourth-order valence-corrected chi connectivity index (χ4v) is 3.56. The van der Waals surface area contributed by atoms with Gasteiger partial charge in [-0.2, -0.15) is 0 Å². The molecule has 2 bridgehead atoms. The summed E-state index contributed by atoms with van der Waals surface area (Å²) in [7, 11) is 0. The maximum Gasteiger partial charge on any atom is 0.166 e. The number of ether oxygens (including phenoxy) is 1. The third-order valence-corrected chi connectivity index (χ3v) is 5.16. The number of pyridine rings is 1. The number of aromatic nitrogens is 1. The van der Waals surface area contributed by atoms with Crippen LogP contribution in [0.3, 0.4) is 0 Å². The van der Waals surface area contributed by atoms with Gasteiger partial charge in [-0.25, -0.2) is 9.37 Å². The first-order chi connectivity index (χ1) is 14.9. The molecule has 2 heterocycles. The van der Waals surface area contributed by atoms with Crippen molar-refractivity contribution in [1.29, 1.82) is 10.8 Å². The SMILES string of the molecule is CCN/C1=C(\C=N)CN/C(=C(/Cl)C=N)c2ccc(F)cc2C(C)Oc2cc1cnc2N. The zero-order chi connectivity index (χ0) is 22.5. The fraction of sp³-hybridized carbons (Fsp3) is 0.227. The van der Waals surface area contributed by atoms with Crippen LogP contribution in [0, 0.1) is 16.6 Å². The Hall–Kier alpha value is -3.39. The minimum absolute atomic E-state index is 0.145. The van der Waals surface area contributed by atoms with Crippen LogP contribution in [0.1, 0.15) is 36.6 Å². The molecule has 0 radical (unpaired) electrons. The van der Waals surface area contributed by atoms with Crippen LogP contribution in [-0.4, -0.2) is 30.5 Å². The summed E-state index contributed by atoms with van der Waals surface area (Å²) >= 11 is 6.35. The second-order valence-corrected chi connectivity index (χ2v) is 7.30. The predicted octanol–water partition coefficient (Wildman–Crippen LogP) is 4.07. The second kappa shape index (κ2) is 9.61. The van der Waals surface area contributed by atoms with Crippen LogP contribution >= 0.6 is 11.6 Å². The highest BCUT2D eigenvalue weighted by Crippen LogP contribution is 2.34. The van der Waals surface area contributed by atoms with Gasteiger partial charge >= 0.3 is 0 Å². The zero-order valence-electron chi connectivity index (χ0n) is 17.2. The number of fused-ring (bicyclic) bond motifs is 3. The van der Waals surface area contributed by atoms with E-state index in [4.69, 9.17) is 32.9 Å². The van der Waals surface area contributed by atoms with Gasteiger partial charge in [0.1, 0.15) is 11.9 Å². The monoisotopic (exact) mass is 442 g/mol. The molecule has 1 aliphatic heterocycles. The Morgan fingerprint density at radius 3 is 2.87 bits per heavy atom. The summed E-state index contributed by atoms with van der Waals surface area (Å²) < 4.78 is 20.2. The molecule has 1 aromatic carbocycles. The zero-order valence-corrected chi connectivity index (χ0v) is 18.0. The van der Waals surface area contributed by atoms with E-state index < -0.39 is 11.9 Å². The summed E-state index contributed by atoms with van der Waals surface area (Å²) in [6.07, 6.45) is 3.26. The molecule has 1 unspecified atom stereocenters. The van der Waals surface area contributed by atoms with Gasteiger partial charge in [-0.15, -0.1) is 0 Å².